The van der Waals surface area contributed by atoms with E-state index in [1.54, 1.807) is 19.2 Å². The zero-order valence-electron chi connectivity index (χ0n) is 32.4. The molecule has 298 valence electrons. The molecular formula is C47H48N4O7. The second kappa shape index (κ2) is 17.6. The predicted molar refractivity (Wildman–Crippen MR) is 223 cm³/mol. The van der Waals surface area contributed by atoms with Crippen LogP contribution in [0, 0.1) is 5.92 Å². The maximum absolute atomic E-state index is 13.3. The van der Waals surface area contributed by atoms with Crippen molar-refractivity contribution < 1.29 is 29.2 Å². The van der Waals surface area contributed by atoms with Crippen LogP contribution in [0.5, 0.6) is 17.2 Å². The SMILES string of the molecule is COc1ccc(-c2ccc(COc3cccc([C@@H](NC(=O)O[C@H]4CN5CCC4CC5)c4ccccc4)c3)cc2)cc1CNC[C@H](O)c1ccc(O)c2[nH]c(=O)ccc12. The highest BCUT2D eigenvalue weighted by atomic mass is 16.6. The zero-order chi connectivity index (χ0) is 40.0. The first-order chi connectivity index (χ1) is 28.3. The molecule has 11 nitrogen and oxygen atoms in total. The van der Waals surface area contributed by atoms with Crippen LogP contribution in [0.4, 0.5) is 4.79 Å². The Kier molecular flexibility index (Phi) is 11.7. The molecule has 3 aliphatic rings. The summed E-state index contributed by atoms with van der Waals surface area (Å²) in [5.41, 5.74) is 6.39. The molecule has 3 aliphatic heterocycles. The Balaban J connectivity index is 0.896. The van der Waals surface area contributed by atoms with Gasteiger partial charge < -0.3 is 40.0 Å². The molecule has 58 heavy (non-hydrogen) atoms. The summed E-state index contributed by atoms with van der Waals surface area (Å²) < 4.78 is 17.9. The summed E-state index contributed by atoms with van der Waals surface area (Å²) in [6, 6.07) is 37.7. The fourth-order valence-electron chi connectivity index (χ4n) is 8.18. The molecule has 6 aromatic rings. The molecule has 2 bridgehead atoms. The number of hydrogen-bond acceptors (Lipinski definition) is 9. The third-order valence-corrected chi connectivity index (χ3v) is 11.3. The summed E-state index contributed by atoms with van der Waals surface area (Å²) in [6.07, 6.45) is 0.781. The van der Waals surface area contributed by atoms with E-state index in [4.69, 9.17) is 14.2 Å². The first-order valence-corrected chi connectivity index (χ1v) is 19.8. The van der Waals surface area contributed by atoms with Gasteiger partial charge in [0.1, 0.15) is 30.0 Å². The van der Waals surface area contributed by atoms with Crippen LogP contribution in [0.25, 0.3) is 22.0 Å². The number of aliphatic hydroxyl groups is 1. The minimum atomic E-state index is -0.883. The van der Waals surface area contributed by atoms with Crippen LogP contribution in [-0.2, 0) is 17.9 Å². The zero-order valence-corrected chi connectivity index (χ0v) is 32.4. The summed E-state index contributed by atoms with van der Waals surface area (Å²) in [6.45, 7) is 4.01. The molecule has 5 N–H and O–H groups in total. The number of aromatic hydroxyl groups is 1. The molecule has 3 atom stereocenters. The molecule has 0 spiro atoms. The van der Waals surface area contributed by atoms with Crippen LogP contribution < -0.4 is 25.7 Å². The predicted octanol–water partition coefficient (Wildman–Crippen LogP) is 7.22. The van der Waals surface area contributed by atoms with Gasteiger partial charge in [-0.25, -0.2) is 4.79 Å². The van der Waals surface area contributed by atoms with E-state index in [1.807, 2.05) is 78.9 Å². The lowest BCUT2D eigenvalue weighted by atomic mass is 9.86. The van der Waals surface area contributed by atoms with Crippen molar-refractivity contribution >= 4 is 17.0 Å². The molecule has 0 unspecified atom stereocenters. The van der Waals surface area contributed by atoms with Crippen molar-refractivity contribution in [2.75, 3.05) is 33.3 Å². The molecule has 0 saturated carbocycles. The number of carbonyl (C=O) groups is 1. The van der Waals surface area contributed by atoms with Gasteiger partial charge in [-0.2, -0.15) is 0 Å². The number of amides is 1. The number of aliphatic hydroxyl groups excluding tert-OH is 1. The van der Waals surface area contributed by atoms with E-state index in [1.165, 1.54) is 12.1 Å². The number of ether oxygens (including phenoxy) is 3. The Morgan fingerprint density at radius 2 is 1.66 bits per heavy atom. The normalized spacial score (nSPS) is 18.3. The van der Waals surface area contributed by atoms with Gasteiger partial charge in [0.15, 0.2) is 0 Å². The number of nitrogens with zero attached hydrogens (tertiary/aromatic N) is 1. The van der Waals surface area contributed by atoms with Gasteiger partial charge >= 0.3 is 6.09 Å². The van der Waals surface area contributed by atoms with Crippen molar-refractivity contribution in [1.82, 2.24) is 20.5 Å². The number of aromatic nitrogens is 1. The van der Waals surface area contributed by atoms with E-state index in [0.717, 1.165) is 71.6 Å². The number of benzene rings is 5. The summed E-state index contributed by atoms with van der Waals surface area (Å²) >= 11 is 0. The van der Waals surface area contributed by atoms with Crippen molar-refractivity contribution in [1.29, 1.82) is 0 Å². The highest BCUT2D eigenvalue weighted by Crippen LogP contribution is 2.32. The molecule has 0 radical (unpaired) electrons. The molecule has 4 heterocycles. The summed E-state index contributed by atoms with van der Waals surface area (Å²) in [7, 11) is 1.63. The Morgan fingerprint density at radius 3 is 2.41 bits per heavy atom. The maximum Gasteiger partial charge on any atom is 0.408 e. The van der Waals surface area contributed by atoms with E-state index < -0.39 is 18.2 Å². The number of pyridine rings is 1. The fraction of sp³-hybridized carbons (Fsp3) is 0.277. The van der Waals surface area contributed by atoms with Gasteiger partial charge in [-0.3, -0.25) is 9.69 Å². The number of nitrogens with one attached hydrogen (secondary N) is 3. The number of aromatic amines is 1. The lowest BCUT2D eigenvalue weighted by Crippen LogP contribution is -2.52. The van der Waals surface area contributed by atoms with Crippen molar-refractivity contribution in [2.24, 2.45) is 5.92 Å². The topological polar surface area (TPSA) is 145 Å². The van der Waals surface area contributed by atoms with Crippen LogP contribution in [0.3, 0.4) is 0 Å². The molecule has 0 aliphatic carbocycles. The van der Waals surface area contributed by atoms with Gasteiger partial charge in [-0.05, 0) is 102 Å². The number of rotatable bonds is 14. The van der Waals surface area contributed by atoms with E-state index in [0.29, 0.717) is 41.3 Å². The lowest BCUT2D eigenvalue weighted by molar-refractivity contribution is -0.0336. The van der Waals surface area contributed by atoms with Gasteiger partial charge in [0.25, 0.3) is 0 Å². The van der Waals surface area contributed by atoms with Crippen LogP contribution in [0.1, 0.15) is 52.8 Å². The first-order valence-electron chi connectivity index (χ1n) is 19.8. The number of methoxy groups -OCH3 is 1. The van der Waals surface area contributed by atoms with E-state index in [-0.39, 0.29) is 24.0 Å². The fourth-order valence-corrected chi connectivity index (χ4v) is 8.18. The van der Waals surface area contributed by atoms with Gasteiger partial charge in [0.05, 0.1) is 24.8 Å². The van der Waals surface area contributed by atoms with Crippen LogP contribution in [0.15, 0.2) is 126 Å². The molecular weight excluding hydrogens is 733 g/mol. The van der Waals surface area contributed by atoms with Gasteiger partial charge in [-0.15, -0.1) is 0 Å². The average molecular weight is 781 g/mol. The Bertz CT molecular complexity index is 2410. The molecule has 3 fully saturated rings. The molecule has 3 saturated heterocycles. The monoisotopic (exact) mass is 780 g/mol. The quantitative estimate of drug-likeness (QED) is 0.0774. The van der Waals surface area contributed by atoms with Gasteiger partial charge in [0.2, 0.25) is 5.56 Å². The van der Waals surface area contributed by atoms with E-state index in [2.05, 4.69) is 38.7 Å². The third kappa shape index (κ3) is 8.87. The number of fused-ring (bicyclic) bond motifs is 4. The Labute approximate surface area is 337 Å². The number of phenols is 1. The molecule has 11 heteroatoms. The Hall–Kier alpha value is -6.14. The number of carbonyl (C=O) groups excluding carboxylic acids is 1. The summed E-state index contributed by atoms with van der Waals surface area (Å²) in [4.78, 5) is 30.1. The standard InChI is InChI=1S/C47H48N4O7/c1-56-42-18-14-34(24-36(42)26-48-27-41(53)38-15-17-40(52)46-39(38)16-19-44(54)49-46)31-12-10-30(11-13-31)29-57-37-9-5-8-35(25-37)45(33-6-3-2-4-7-33)50-47(55)58-43-28-51-22-20-32(43)21-23-51/h2-19,24-25,32,41,43,45,48,52-53H,20-23,26-29H2,1H3,(H,49,54)(H,50,55)/t41-,43-,45-/m0/s1. The third-order valence-electron chi connectivity index (χ3n) is 11.3. The highest BCUT2D eigenvalue weighted by molar-refractivity contribution is 5.87. The van der Waals surface area contributed by atoms with E-state index >= 15 is 0 Å². The number of H-pyrrole nitrogens is 1. The minimum Gasteiger partial charge on any atom is -0.506 e. The number of piperidine rings is 3. The first kappa shape index (κ1) is 38.7. The number of hydrogen-bond donors (Lipinski definition) is 5. The summed E-state index contributed by atoms with van der Waals surface area (Å²) in [5, 5.41) is 28.3. The largest absolute Gasteiger partial charge is 0.506 e. The number of alkyl carbamates (subject to hydrolysis) is 1. The molecule has 9 rings (SSSR count). The van der Waals surface area contributed by atoms with Crippen molar-refractivity contribution in [3.63, 3.8) is 0 Å². The molecule has 1 aromatic heterocycles. The highest BCUT2D eigenvalue weighted by Gasteiger charge is 2.37. The smallest absolute Gasteiger partial charge is 0.408 e. The van der Waals surface area contributed by atoms with Crippen LogP contribution >= 0.6 is 0 Å². The second-order valence-electron chi connectivity index (χ2n) is 15.1. The van der Waals surface area contributed by atoms with E-state index in [9.17, 15) is 19.8 Å². The average Bonchev–Trinajstić information content (AvgIpc) is 3.26. The van der Waals surface area contributed by atoms with Crippen LogP contribution in [-0.4, -0.2) is 65.6 Å². The van der Waals surface area contributed by atoms with Crippen LogP contribution in [0.2, 0.25) is 0 Å². The van der Waals surface area contributed by atoms with Gasteiger partial charge in [-0.1, -0.05) is 78.9 Å². The minimum absolute atomic E-state index is 0.0509. The lowest BCUT2D eigenvalue weighted by Gasteiger charge is -2.43. The van der Waals surface area contributed by atoms with Crippen molar-refractivity contribution in [2.45, 2.75) is 44.2 Å². The van der Waals surface area contributed by atoms with Crippen molar-refractivity contribution in [3.05, 3.63) is 159 Å². The summed E-state index contributed by atoms with van der Waals surface area (Å²) in [5.74, 6) is 1.80. The second-order valence-corrected chi connectivity index (χ2v) is 15.1. The van der Waals surface area contributed by atoms with Crippen molar-refractivity contribution in [3.8, 4) is 28.4 Å². The Morgan fingerprint density at radius 1 is 0.879 bits per heavy atom. The van der Waals surface area contributed by atoms with Gasteiger partial charge in [0, 0.05) is 36.7 Å². The number of phenolic OH excluding ortho intramolecular Hbond substituents is 1. The molecule has 5 aromatic carbocycles. The maximum atomic E-state index is 13.3. The molecule has 1 amide bonds.